The zero-order valence-electron chi connectivity index (χ0n) is 30.3. The fourth-order valence-corrected chi connectivity index (χ4v) is 8.27. The first kappa shape index (κ1) is 31.9. The molecule has 0 atom stereocenters. The SMILES string of the molecule is c1ccc(-c2cccc(-c3nc(-c4cccc(-n5c6ccccc6c6ccccc65)c4)nc(-n4c5ccccc5c5c(-c6ccccc6)cccc54)n3)c2)cc1. The highest BCUT2D eigenvalue weighted by Gasteiger charge is 2.21. The summed E-state index contributed by atoms with van der Waals surface area (Å²) in [5, 5.41) is 4.75. The Hall–Kier alpha value is -7.63. The van der Waals surface area contributed by atoms with Gasteiger partial charge >= 0.3 is 0 Å². The average molecular weight is 716 g/mol. The van der Waals surface area contributed by atoms with Gasteiger partial charge in [0.15, 0.2) is 11.6 Å². The van der Waals surface area contributed by atoms with E-state index < -0.39 is 0 Å². The summed E-state index contributed by atoms with van der Waals surface area (Å²) >= 11 is 0. The Labute approximate surface area is 323 Å². The molecule has 3 aromatic heterocycles. The van der Waals surface area contributed by atoms with E-state index >= 15 is 0 Å². The summed E-state index contributed by atoms with van der Waals surface area (Å²) in [7, 11) is 0. The Balaban J connectivity index is 1.16. The van der Waals surface area contributed by atoms with Crippen molar-refractivity contribution in [3.8, 4) is 56.7 Å². The smallest absolute Gasteiger partial charge is 0.238 e. The molecule has 0 aliphatic rings. The molecule has 0 fully saturated rings. The van der Waals surface area contributed by atoms with Gasteiger partial charge in [-0.15, -0.1) is 0 Å². The largest absolute Gasteiger partial charge is 0.309 e. The Morgan fingerprint density at radius 1 is 0.304 bits per heavy atom. The quantitative estimate of drug-likeness (QED) is 0.172. The molecule has 11 rings (SSSR count). The first-order valence-electron chi connectivity index (χ1n) is 18.9. The first-order chi connectivity index (χ1) is 27.8. The molecule has 0 aliphatic heterocycles. The number of nitrogens with zero attached hydrogens (tertiary/aromatic N) is 5. The lowest BCUT2D eigenvalue weighted by atomic mass is 9.99. The molecule has 0 spiro atoms. The zero-order valence-corrected chi connectivity index (χ0v) is 30.3. The van der Waals surface area contributed by atoms with E-state index in [4.69, 9.17) is 15.0 Å². The van der Waals surface area contributed by atoms with Crippen LogP contribution in [0.25, 0.3) is 100 Å². The fourth-order valence-electron chi connectivity index (χ4n) is 8.27. The van der Waals surface area contributed by atoms with Crippen molar-refractivity contribution in [3.05, 3.63) is 200 Å². The summed E-state index contributed by atoms with van der Waals surface area (Å²) in [6.45, 7) is 0. The van der Waals surface area contributed by atoms with Gasteiger partial charge in [0.2, 0.25) is 5.95 Å². The summed E-state index contributed by atoms with van der Waals surface area (Å²) in [5.41, 5.74) is 11.8. The highest BCUT2D eigenvalue weighted by atomic mass is 15.2. The molecule has 0 radical (unpaired) electrons. The second-order valence-corrected chi connectivity index (χ2v) is 14.1. The molecule has 5 nitrogen and oxygen atoms in total. The van der Waals surface area contributed by atoms with Crippen molar-refractivity contribution in [2.75, 3.05) is 0 Å². The zero-order chi connectivity index (χ0) is 37.0. The van der Waals surface area contributed by atoms with Crippen LogP contribution in [-0.4, -0.2) is 24.1 Å². The van der Waals surface area contributed by atoms with Gasteiger partial charge in [-0.25, -0.2) is 4.98 Å². The van der Waals surface area contributed by atoms with Gasteiger partial charge in [-0.3, -0.25) is 4.57 Å². The number of hydrogen-bond donors (Lipinski definition) is 0. The van der Waals surface area contributed by atoms with Gasteiger partial charge in [0.1, 0.15) is 0 Å². The summed E-state index contributed by atoms with van der Waals surface area (Å²) in [6.07, 6.45) is 0. The van der Waals surface area contributed by atoms with Crippen molar-refractivity contribution in [1.82, 2.24) is 24.1 Å². The first-order valence-corrected chi connectivity index (χ1v) is 18.9. The second-order valence-electron chi connectivity index (χ2n) is 14.1. The van der Waals surface area contributed by atoms with Crippen LogP contribution in [0, 0.1) is 0 Å². The number of aromatic nitrogens is 5. The van der Waals surface area contributed by atoms with E-state index in [2.05, 4.69) is 203 Å². The summed E-state index contributed by atoms with van der Waals surface area (Å²) < 4.78 is 4.53. The maximum absolute atomic E-state index is 5.33. The minimum atomic E-state index is 0.564. The van der Waals surface area contributed by atoms with Crippen LogP contribution in [0.1, 0.15) is 0 Å². The minimum absolute atomic E-state index is 0.564. The average Bonchev–Trinajstić information content (AvgIpc) is 3.80. The molecule has 0 N–H and O–H groups in total. The molecule has 0 saturated heterocycles. The van der Waals surface area contributed by atoms with Crippen LogP contribution in [0.2, 0.25) is 0 Å². The van der Waals surface area contributed by atoms with Crippen molar-refractivity contribution >= 4 is 43.6 Å². The molecule has 5 heteroatoms. The van der Waals surface area contributed by atoms with Crippen LogP contribution in [-0.2, 0) is 0 Å². The van der Waals surface area contributed by atoms with Gasteiger partial charge in [-0.2, -0.15) is 9.97 Å². The van der Waals surface area contributed by atoms with Gasteiger partial charge in [-0.1, -0.05) is 158 Å². The Kier molecular flexibility index (Phi) is 7.42. The minimum Gasteiger partial charge on any atom is -0.309 e. The Bertz CT molecular complexity index is 3200. The van der Waals surface area contributed by atoms with Gasteiger partial charge in [-0.05, 0) is 64.7 Å². The number of hydrogen-bond acceptors (Lipinski definition) is 3. The maximum Gasteiger partial charge on any atom is 0.238 e. The number of benzene rings is 8. The number of rotatable bonds is 6. The van der Waals surface area contributed by atoms with Crippen LogP contribution in [0.4, 0.5) is 0 Å². The predicted octanol–water partition coefficient (Wildman–Crippen LogP) is 12.7. The topological polar surface area (TPSA) is 48.5 Å². The van der Waals surface area contributed by atoms with Crippen LogP contribution in [0.5, 0.6) is 0 Å². The highest BCUT2D eigenvalue weighted by Crippen LogP contribution is 2.39. The molecule has 3 heterocycles. The monoisotopic (exact) mass is 715 g/mol. The van der Waals surface area contributed by atoms with E-state index in [0.717, 1.165) is 66.3 Å². The molecule has 8 aromatic carbocycles. The Morgan fingerprint density at radius 3 is 1.46 bits per heavy atom. The summed E-state index contributed by atoms with van der Waals surface area (Å²) in [5.74, 6) is 1.77. The van der Waals surface area contributed by atoms with Gasteiger partial charge < -0.3 is 4.57 Å². The van der Waals surface area contributed by atoms with Gasteiger partial charge in [0, 0.05) is 38.4 Å². The van der Waals surface area contributed by atoms with Gasteiger partial charge in [0.05, 0.1) is 22.1 Å². The molecule has 0 unspecified atom stereocenters. The summed E-state index contributed by atoms with van der Waals surface area (Å²) in [4.78, 5) is 15.9. The third-order valence-electron chi connectivity index (χ3n) is 10.8. The van der Waals surface area contributed by atoms with E-state index in [-0.39, 0.29) is 0 Å². The standard InChI is InChI=1S/C51H33N5/c1-3-16-34(17-4-1)36-20-13-21-37(32-36)49-52-50(38-22-14-23-39(33-38)55-44-28-10-7-24-41(44)42-25-8-11-29-45(42)55)54-51(53-49)56-46-30-12-9-26-43(46)48-40(27-15-31-47(48)56)35-18-5-2-6-19-35/h1-33H. The van der Waals surface area contributed by atoms with E-state index in [9.17, 15) is 0 Å². The Morgan fingerprint density at radius 2 is 0.786 bits per heavy atom. The lowest BCUT2D eigenvalue weighted by Gasteiger charge is -2.13. The second kappa shape index (κ2) is 13.0. The predicted molar refractivity (Wildman–Crippen MR) is 230 cm³/mol. The van der Waals surface area contributed by atoms with Crippen LogP contribution < -0.4 is 0 Å². The third kappa shape index (κ3) is 5.21. The molecule has 0 bridgehead atoms. The molecule has 262 valence electrons. The molecule has 0 aliphatic carbocycles. The van der Waals surface area contributed by atoms with Crippen molar-refractivity contribution in [3.63, 3.8) is 0 Å². The summed E-state index contributed by atoms with van der Waals surface area (Å²) in [6, 6.07) is 70.3. The molecular weight excluding hydrogens is 683 g/mol. The van der Waals surface area contributed by atoms with Crippen molar-refractivity contribution in [2.45, 2.75) is 0 Å². The molecule has 0 saturated carbocycles. The van der Waals surface area contributed by atoms with Crippen molar-refractivity contribution < 1.29 is 0 Å². The van der Waals surface area contributed by atoms with Crippen LogP contribution in [0.3, 0.4) is 0 Å². The van der Waals surface area contributed by atoms with Crippen LogP contribution >= 0.6 is 0 Å². The molecule has 0 amide bonds. The third-order valence-corrected chi connectivity index (χ3v) is 10.8. The maximum atomic E-state index is 5.33. The molecular formula is C51H33N5. The highest BCUT2D eigenvalue weighted by molar-refractivity contribution is 6.15. The lowest BCUT2D eigenvalue weighted by Crippen LogP contribution is -2.06. The van der Waals surface area contributed by atoms with Crippen molar-refractivity contribution in [2.24, 2.45) is 0 Å². The van der Waals surface area contributed by atoms with Crippen molar-refractivity contribution in [1.29, 1.82) is 0 Å². The lowest BCUT2D eigenvalue weighted by molar-refractivity contribution is 0.953. The van der Waals surface area contributed by atoms with E-state index in [1.807, 2.05) is 6.07 Å². The number of fused-ring (bicyclic) bond motifs is 6. The van der Waals surface area contributed by atoms with Crippen LogP contribution in [0.15, 0.2) is 200 Å². The fraction of sp³-hybridized carbons (Fsp3) is 0. The van der Waals surface area contributed by atoms with E-state index in [1.54, 1.807) is 0 Å². The normalized spacial score (nSPS) is 11.6. The van der Waals surface area contributed by atoms with E-state index in [0.29, 0.717) is 17.6 Å². The van der Waals surface area contributed by atoms with Gasteiger partial charge in [0.25, 0.3) is 0 Å². The number of para-hydroxylation sites is 3. The molecule has 11 aromatic rings. The molecule has 56 heavy (non-hydrogen) atoms. The van der Waals surface area contributed by atoms with E-state index in [1.165, 1.54) is 16.3 Å².